The van der Waals surface area contributed by atoms with E-state index in [-0.39, 0.29) is 47.3 Å². The number of β-lactam (4-membered cyclic amide) rings is 1. The van der Waals surface area contributed by atoms with E-state index in [9.17, 15) is 24.3 Å². The summed E-state index contributed by atoms with van der Waals surface area (Å²) in [6.07, 6.45) is -1.22. The van der Waals surface area contributed by atoms with Crippen molar-refractivity contribution in [2.24, 2.45) is 5.73 Å². The van der Waals surface area contributed by atoms with Gasteiger partial charge in [-0.3, -0.25) is 14.5 Å². The number of ether oxygens (including phenoxy) is 2. The maximum absolute atomic E-state index is 12.8. The maximum atomic E-state index is 12.8. The Morgan fingerprint density at radius 2 is 2.17 bits per heavy atom. The van der Waals surface area contributed by atoms with Crippen molar-refractivity contribution in [1.29, 1.82) is 0 Å². The topological polar surface area (TPSA) is 190 Å². The Hall–Kier alpha value is -1.84. The second-order valence-electron chi connectivity index (χ2n) is 6.03. The number of nitrogen functional groups attached to an aromatic ring is 1. The van der Waals surface area contributed by atoms with Gasteiger partial charge in [-0.25, -0.2) is 9.78 Å². The van der Waals surface area contributed by atoms with E-state index in [1.54, 1.807) is 5.38 Å². The summed E-state index contributed by atoms with van der Waals surface area (Å²) in [5.74, 6) is -2.87. The number of nitrogens with two attached hydrogens (primary N) is 2. The van der Waals surface area contributed by atoms with Crippen LogP contribution < -0.4 is 51.4 Å². The first-order valence-corrected chi connectivity index (χ1v) is 9.99. The summed E-state index contributed by atoms with van der Waals surface area (Å²) in [5.41, 5.74) is 8.83. The first-order valence-electron chi connectivity index (χ1n) is 8.06. The number of amides is 3. The standard InChI is InChI=1S/C15H17N5O7S2.Na/c1-26-15(19-8(21)2-7-5-29-13(16)18-7)11(24)20-9(10(22)23)6(3-27-14(17)25)4-28-12(15)20;/h5,12H,2-4H2,1H3,(H2,16,18)(H2,17,25)(H,19,21)(H,22,23);/q;+1/p-1/t12-,15+;/m1./s1. The van der Waals surface area contributed by atoms with Crippen LogP contribution in [0.4, 0.5) is 9.93 Å². The molecule has 3 amide bonds. The van der Waals surface area contributed by atoms with Crippen LogP contribution in [0.3, 0.4) is 0 Å². The van der Waals surface area contributed by atoms with E-state index in [2.05, 4.69) is 15.0 Å². The Morgan fingerprint density at radius 1 is 1.47 bits per heavy atom. The van der Waals surface area contributed by atoms with Gasteiger partial charge in [0.15, 0.2) is 5.13 Å². The average molecular weight is 465 g/mol. The normalized spacial score (nSPS) is 22.5. The van der Waals surface area contributed by atoms with Crippen molar-refractivity contribution in [1.82, 2.24) is 15.2 Å². The molecule has 0 aromatic carbocycles. The number of rotatable bonds is 7. The molecule has 3 heterocycles. The van der Waals surface area contributed by atoms with Crippen molar-refractivity contribution in [2.45, 2.75) is 17.5 Å². The summed E-state index contributed by atoms with van der Waals surface area (Å²) in [6.45, 7) is -0.403. The molecule has 0 bridgehead atoms. The molecule has 2 aliphatic heterocycles. The molecule has 5 N–H and O–H groups in total. The molecule has 0 radical (unpaired) electrons. The SMILES string of the molecule is CO[C@@]1(NC(=O)Cc2csc(N)n2)C(=O)N2C(C(=O)[O-])=C(COC(N)=O)CS[C@@H]21.[Na+]. The number of anilines is 1. The van der Waals surface area contributed by atoms with Crippen LogP contribution in [0.2, 0.25) is 0 Å². The Morgan fingerprint density at radius 3 is 2.70 bits per heavy atom. The van der Waals surface area contributed by atoms with Crippen molar-refractivity contribution in [3.05, 3.63) is 22.3 Å². The monoisotopic (exact) mass is 465 g/mol. The molecule has 3 rings (SSSR count). The Bertz CT molecular complexity index is 923. The number of nitrogens with zero attached hydrogens (tertiary/aromatic N) is 2. The quantitative estimate of drug-likeness (QED) is 0.199. The van der Waals surface area contributed by atoms with Crippen molar-refractivity contribution >= 4 is 52.1 Å². The van der Waals surface area contributed by atoms with Crippen LogP contribution in [0.15, 0.2) is 16.7 Å². The number of methoxy groups -OCH3 is 1. The van der Waals surface area contributed by atoms with Crippen molar-refractivity contribution in [2.75, 3.05) is 25.2 Å². The van der Waals surface area contributed by atoms with E-state index in [0.717, 1.165) is 16.7 Å². The van der Waals surface area contributed by atoms with Gasteiger partial charge in [0.25, 0.3) is 11.6 Å². The molecule has 2 aliphatic rings. The van der Waals surface area contributed by atoms with Gasteiger partial charge in [-0.1, -0.05) is 0 Å². The predicted octanol–water partition coefficient (Wildman–Crippen LogP) is -5.25. The zero-order valence-corrected chi connectivity index (χ0v) is 19.6. The third-order valence-corrected chi connectivity index (χ3v) is 6.35. The molecule has 12 nitrogen and oxygen atoms in total. The largest absolute Gasteiger partial charge is 1.00 e. The molecule has 1 saturated heterocycles. The Balaban J connectivity index is 0.00000320. The van der Waals surface area contributed by atoms with Crippen molar-refractivity contribution in [3.63, 3.8) is 0 Å². The number of nitrogens with one attached hydrogen (secondary N) is 1. The number of carbonyl (C=O) groups is 4. The number of aromatic nitrogens is 1. The Kier molecular flexibility index (Phi) is 7.76. The molecular weight excluding hydrogens is 449 g/mol. The second-order valence-corrected chi connectivity index (χ2v) is 7.99. The summed E-state index contributed by atoms with van der Waals surface area (Å²) in [4.78, 5) is 52.6. The van der Waals surface area contributed by atoms with Gasteiger partial charge in [-0.15, -0.1) is 23.1 Å². The number of primary amides is 1. The molecule has 30 heavy (non-hydrogen) atoms. The minimum absolute atomic E-state index is 0. The first kappa shape index (κ1) is 24.4. The summed E-state index contributed by atoms with van der Waals surface area (Å²) in [6, 6.07) is 0. The maximum Gasteiger partial charge on any atom is 1.00 e. The van der Waals surface area contributed by atoms with E-state index in [1.165, 1.54) is 18.4 Å². The van der Waals surface area contributed by atoms with Crippen molar-refractivity contribution in [3.8, 4) is 0 Å². The van der Waals surface area contributed by atoms with E-state index in [1.807, 2.05) is 0 Å². The number of fused-ring (bicyclic) bond motifs is 1. The van der Waals surface area contributed by atoms with Gasteiger partial charge in [-0.05, 0) is 0 Å². The number of thiazole rings is 1. The molecule has 0 saturated carbocycles. The summed E-state index contributed by atoms with van der Waals surface area (Å²) >= 11 is 2.30. The smallest absolute Gasteiger partial charge is 0.543 e. The van der Waals surface area contributed by atoms with E-state index < -0.39 is 47.3 Å². The number of aliphatic carboxylic acids is 1. The van der Waals surface area contributed by atoms with E-state index in [4.69, 9.17) is 16.2 Å². The molecule has 0 spiro atoms. The predicted molar refractivity (Wildman–Crippen MR) is 98.8 cm³/mol. The number of carbonyl (C=O) groups excluding carboxylic acids is 4. The van der Waals surface area contributed by atoms with Gasteiger partial charge in [0.2, 0.25) is 5.91 Å². The van der Waals surface area contributed by atoms with Crippen LogP contribution >= 0.6 is 23.1 Å². The molecule has 0 aliphatic carbocycles. The molecule has 1 fully saturated rings. The fourth-order valence-corrected chi connectivity index (χ4v) is 5.00. The molecule has 0 unspecified atom stereocenters. The molecule has 156 valence electrons. The van der Waals surface area contributed by atoms with Gasteiger partial charge in [0.05, 0.1) is 23.8 Å². The average Bonchev–Trinajstić information content (AvgIpc) is 3.07. The van der Waals surface area contributed by atoms with Crippen molar-refractivity contribution < 1.29 is 63.3 Å². The zero-order chi connectivity index (χ0) is 21.3. The number of carboxylic acids is 1. The van der Waals surface area contributed by atoms with Crippen LogP contribution in [0.1, 0.15) is 5.69 Å². The van der Waals surface area contributed by atoms with Crippen LogP contribution in [0.5, 0.6) is 0 Å². The van der Waals surface area contributed by atoms with Crippen LogP contribution in [0.25, 0.3) is 0 Å². The third kappa shape index (κ3) is 4.43. The van der Waals surface area contributed by atoms with E-state index in [0.29, 0.717) is 10.8 Å². The number of carboxylic acid groups (broad SMARTS) is 1. The summed E-state index contributed by atoms with van der Waals surface area (Å²) < 4.78 is 9.94. The first-order chi connectivity index (χ1) is 13.7. The van der Waals surface area contributed by atoms with Crippen LogP contribution in [-0.2, 0) is 30.3 Å². The van der Waals surface area contributed by atoms with Gasteiger partial charge in [-0.2, -0.15) is 0 Å². The van der Waals surface area contributed by atoms with Gasteiger partial charge in [0.1, 0.15) is 12.0 Å². The number of thioether (sulfide) groups is 1. The number of hydrogen-bond donors (Lipinski definition) is 3. The van der Waals surface area contributed by atoms with Gasteiger partial charge in [0, 0.05) is 23.8 Å². The molecule has 1 aromatic rings. The third-order valence-electron chi connectivity index (χ3n) is 4.25. The fourth-order valence-electron chi connectivity index (χ4n) is 3.02. The minimum Gasteiger partial charge on any atom is -0.543 e. The fraction of sp³-hybridized carbons (Fsp3) is 0.400. The van der Waals surface area contributed by atoms with Crippen LogP contribution in [0, 0.1) is 0 Å². The van der Waals surface area contributed by atoms with Crippen LogP contribution in [-0.4, -0.2) is 64.3 Å². The summed E-state index contributed by atoms with van der Waals surface area (Å²) in [5, 5.41) is 15.2. The Labute approximate surface area is 200 Å². The number of hydrogen-bond acceptors (Lipinski definition) is 11. The molecule has 1 aromatic heterocycles. The molecular formula is C15H16N5NaO7S2. The zero-order valence-electron chi connectivity index (χ0n) is 16.0. The molecule has 2 atom stereocenters. The van der Waals surface area contributed by atoms with Gasteiger partial charge >= 0.3 is 35.7 Å². The van der Waals surface area contributed by atoms with Gasteiger partial charge < -0.3 is 36.2 Å². The summed E-state index contributed by atoms with van der Waals surface area (Å²) in [7, 11) is 1.23. The van der Waals surface area contributed by atoms with E-state index >= 15 is 0 Å². The molecule has 15 heteroatoms. The second kappa shape index (κ2) is 9.53. The minimum atomic E-state index is -1.75.